The van der Waals surface area contributed by atoms with Gasteiger partial charge in [0.1, 0.15) is 5.70 Å². The average Bonchev–Trinajstić information content (AvgIpc) is 3.18. The molecule has 4 fully saturated rings. The Kier molecular flexibility index (Phi) is 3.72. The number of piperidine rings is 1. The average molecular weight is 428 g/mol. The molecule has 0 aromatic heterocycles. The molecular weight excluding hydrogens is 406 g/mol. The molecule has 1 saturated carbocycles. The van der Waals surface area contributed by atoms with E-state index in [9.17, 15) is 29.6 Å². The van der Waals surface area contributed by atoms with Crippen molar-refractivity contribution in [1.82, 2.24) is 10.2 Å². The van der Waals surface area contributed by atoms with E-state index < -0.39 is 39.7 Å². The van der Waals surface area contributed by atoms with Crippen molar-refractivity contribution in [3.63, 3.8) is 0 Å². The van der Waals surface area contributed by atoms with E-state index in [-0.39, 0.29) is 36.0 Å². The second-order valence-corrected chi connectivity index (χ2v) is 9.31. The van der Waals surface area contributed by atoms with Crippen LogP contribution in [0.4, 0.5) is 0 Å². The van der Waals surface area contributed by atoms with Crippen molar-refractivity contribution in [1.29, 1.82) is 0 Å². The summed E-state index contributed by atoms with van der Waals surface area (Å²) in [5, 5.41) is 22.5. The van der Waals surface area contributed by atoms with Crippen LogP contribution in [0.25, 0.3) is 0 Å². The summed E-state index contributed by atoms with van der Waals surface area (Å²) < 4.78 is 6.01. The molecule has 2 aliphatic carbocycles. The summed E-state index contributed by atoms with van der Waals surface area (Å²) in [7, 11) is 0. The van der Waals surface area contributed by atoms with Gasteiger partial charge in [0.25, 0.3) is 4.92 Å². The second-order valence-electron chi connectivity index (χ2n) is 9.31. The molecular formula is C21H22N3O7+. The van der Waals surface area contributed by atoms with Gasteiger partial charge in [-0.2, -0.15) is 0 Å². The number of allylic oxidation sites excluding steroid dienone is 3. The predicted molar refractivity (Wildman–Crippen MR) is 102 cm³/mol. The highest BCUT2D eigenvalue weighted by Crippen LogP contribution is 2.64. The van der Waals surface area contributed by atoms with Gasteiger partial charge in [0.2, 0.25) is 5.78 Å². The lowest BCUT2D eigenvalue weighted by molar-refractivity contribution is -0.751. The van der Waals surface area contributed by atoms with Gasteiger partial charge in [-0.05, 0) is 37.0 Å². The number of hydrogen-bond acceptors (Lipinski definition) is 7. The lowest BCUT2D eigenvalue weighted by atomic mass is 9.54. The van der Waals surface area contributed by atoms with Crippen molar-refractivity contribution in [2.45, 2.75) is 37.5 Å². The van der Waals surface area contributed by atoms with Crippen LogP contribution in [0.3, 0.4) is 0 Å². The normalized spacial score (nSPS) is 40.5. The van der Waals surface area contributed by atoms with Gasteiger partial charge in [-0.25, -0.2) is 5.21 Å². The molecule has 6 rings (SSSR count). The van der Waals surface area contributed by atoms with Gasteiger partial charge in [0.05, 0.1) is 24.0 Å². The molecule has 3 saturated heterocycles. The van der Waals surface area contributed by atoms with Crippen molar-refractivity contribution in [2.24, 2.45) is 17.3 Å². The lowest BCUT2D eigenvalue weighted by Crippen LogP contribution is -2.63. The second kappa shape index (κ2) is 6.10. The fraction of sp³-hybridized carbons (Fsp3) is 0.571. The number of carboxylic acid groups (broad SMARTS) is 1. The molecule has 2 bridgehead atoms. The Hall–Kier alpha value is -2.85. The molecule has 6 unspecified atom stereocenters. The summed E-state index contributed by atoms with van der Waals surface area (Å²) in [5.74, 6) is -2.90. The van der Waals surface area contributed by atoms with Crippen molar-refractivity contribution in [3.05, 3.63) is 39.6 Å². The number of nitrogens with one attached hydrogen (secondary N) is 1. The van der Waals surface area contributed by atoms with E-state index in [1.165, 1.54) is 11.6 Å². The summed E-state index contributed by atoms with van der Waals surface area (Å²) >= 11 is 0. The fourth-order valence-electron chi connectivity index (χ4n) is 7.24. The number of rotatable bonds is 3. The zero-order valence-corrected chi connectivity index (χ0v) is 16.6. The van der Waals surface area contributed by atoms with Gasteiger partial charge in [-0.3, -0.25) is 19.3 Å². The maximum absolute atomic E-state index is 12.5. The first-order valence-corrected chi connectivity index (χ1v) is 10.6. The summed E-state index contributed by atoms with van der Waals surface area (Å²) in [6, 6.07) is -0.223. The van der Waals surface area contributed by atoms with Gasteiger partial charge < -0.3 is 15.2 Å². The largest absolute Gasteiger partial charge is 0.481 e. The topological polar surface area (TPSA) is 136 Å². The number of carboxylic acids is 1. The molecule has 0 amide bonds. The molecule has 6 aliphatic rings. The number of Topliss-reactive ketones (excluding diaryl/α,β-unsaturated/α-hetero) is 1. The van der Waals surface area contributed by atoms with E-state index in [1.54, 1.807) is 0 Å². The van der Waals surface area contributed by atoms with E-state index in [2.05, 4.69) is 16.3 Å². The minimum Gasteiger partial charge on any atom is -0.481 e. The van der Waals surface area contributed by atoms with Crippen molar-refractivity contribution < 1.29 is 34.4 Å². The molecule has 31 heavy (non-hydrogen) atoms. The monoisotopic (exact) mass is 428 g/mol. The minimum absolute atomic E-state index is 0.0942. The van der Waals surface area contributed by atoms with Gasteiger partial charge >= 0.3 is 17.4 Å². The fourth-order valence-corrected chi connectivity index (χ4v) is 7.24. The Morgan fingerprint density at radius 3 is 2.94 bits per heavy atom. The van der Waals surface area contributed by atoms with E-state index >= 15 is 0 Å². The number of carbonyl (C=O) groups excluding carboxylic acids is 2. The van der Waals surface area contributed by atoms with Crippen LogP contribution in [0.15, 0.2) is 34.7 Å². The highest BCUT2D eigenvalue weighted by atomic mass is 16.6. The van der Waals surface area contributed by atoms with E-state index in [4.69, 9.17) is 4.74 Å². The molecule has 162 valence electrons. The van der Waals surface area contributed by atoms with Gasteiger partial charge in [-0.1, -0.05) is 11.6 Å². The SMILES string of the molecule is O=C(O)CC1OCC=C2CN3CCC45C6=CC(=O)C(=O)C([N+](=O)O)=C6NC4C1C2CC35. The summed E-state index contributed by atoms with van der Waals surface area (Å²) in [5.41, 5.74) is 0.891. The third-order valence-electron chi connectivity index (χ3n) is 8.27. The van der Waals surface area contributed by atoms with Gasteiger partial charge in [-0.15, -0.1) is 0 Å². The Morgan fingerprint density at radius 2 is 2.19 bits per heavy atom. The third-order valence-corrected chi connectivity index (χ3v) is 8.27. The van der Waals surface area contributed by atoms with Crippen LogP contribution < -0.4 is 5.32 Å². The molecule has 6 atom stereocenters. The van der Waals surface area contributed by atoms with Gasteiger partial charge in [0.15, 0.2) is 0 Å². The molecule has 0 aromatic carbocycles. The number of aliphatic carboxylic acids is 1. The maximum atomic E-state index is 12.5. The van der Waals surface area contributed by atoms with Crippen LogP contribution in [0, 0.1) is 22.2 Å². The van der Waals surface area contributed by atoms with Crippen LogP contribution in [-0.2, 0) is 19.1 Å². The third kappa shape index (κ3) is 2.26. The standard InChI is InChI=1S/C21H21N3O7/c25-12-6-11-17(18(19(12)28)24(29)30)22-20-16-10-5-14-21(11,20)2-3-23(14)8-9(10)1-4-31-13(16)7-15(26)27/h1,6,10,13-14,16,20H,2-5,7-8H2,(H2-,22,26,27,28,29,30)/p+1. The number of fused-ring (bicyclic) bond motifs is 2. The molecule has 3 N–H and O–H groups in total. The Morgan fingerprint density at radius 1 is 1.39 bits per heavy atom. The van der Waals surface area contributed by atoms with E-state index in [1.807, 2.05) is 0 Å². The first kappa shape index (κ1) is 18.9. The molecule has 10 heteroatoms. The summed E-state index contributed by atoms with van der Waals surface area (Å²) in [6.07, 6.45) is 4.19. The van der Waals surface area contributed by atoms with Crippen molar-refractivity contribution >= 4 is 17.5 Å². The number of nitrogens with zero attached hydrogens (tertiary/aromatic N) is 2. The van der Waals surface area contributed by atoms with Crippen LogP contribution in [0.5, 0.6) is 0 Å². The van der Waals surface area contributed by atoms with Gasteiger partial charge in [0, 0.05) is 30.0 Å². The van der Waals surface area contributed by atoms with Crippen LogP contribution in [-0.4, -0.2) is 75.6 Å². The maximum Gasteiger partial charge on any atom is 0.390 e. The lowest BCUT2D eigenvalue weighted by Gasteiger charge is -2.55. The Labute approximate surface area is 176 Å². The molecule has 1 spiro atoms. The first-order valence-electron chi connectivity index (χ1n) is 10.6. The molecule has 4 aliphatic heterocycles. The Bertz CT molecular complexity index is 1060. The smallest absolute Gasteiger partial charge is 0.390 e. The summed E-state index contributed by atoms with van der Waals surface area (Å²) in [6.45, 7) is 1.91. The van der Waals surface area contributed by atoms with Crippen molar-refractivity contribution in [3.8, 4) is 0 Å². The zero-order valence-electron chi connectivity index (χ0n) is 16.6. The van der Waals surface area contributed by atoms with E-state index in [0.717, 1.165) is 19.5 Å². The molecule has 10 nitrogen and oxygen atoms in total. The number of ketones is 2. The molecule has 0 aromatic rings. The van der Waals surface area contributed by atoms with E-state index in [0.29, 0.717) is 18.6 Å². The quantitative estimate of drug-likeness (QED) is 0.244. The first-order chi connectivity index (χ1) is 14.8. The van der Waals surface area contributed by atoms with Crippen molar-refractivity contribution in [2.75, 3.05) is 19.7 Å². The number of carbonyl (C=O) groups is 3. The molecule has 4 heterocycles. The van der Waals surface area contributed by atoms with Crippen LogP contribution in [0.2, 0.25) is 0 Å². The molecule has 0 radical (unpaired) electrons. The van der Waals surface area contributed by atoms with Crippen LogP contribution in [0.1, 0.15) is 19.3 Å². The number of hydrogen-bond donors (Lipinski definition) is 3. The highest BCUT2D eigenvalue weighted by molar-refractivity contribution is 6.48. The zero-order chi connectivity index (χ0) is 21.7. The number of ether oxygens (including phenoxy) is 1. The highest BCUT2D eigenvalue weighted by Gasteiger charge is 2.70. The minimum atomic E-state index is -1.04. The summed E-state index contributed by atoms with van der Waals surface area (Å²) in [4.78, 5) is 50.2. The Balaban J connectivity index is 1.57. The van der Waals surface area contributed by atoms with Crippen LogP contribution >= 0.6 is 0 Å². The predicted octanol–water partition coefficient (Wildman–Crippen LogP) is -0.0736.